The van der Waals surface area contributed by atoms with E-state index in [1.54, 1.807) is 6.07 Å². The highest BCUT2D eigenvalue weighted by Crippen LogP contribution is 2.28. The fourth-order valence-corrected chi connectivity index (χ4v) is 3.59. The third-order valence-corrected chi connectivity index (χ3v) is 4.82. The lowest BCUT2D eigenvalue weighted by molar-refractivity contribution is 0.0574. The van der Waals surface area contributed by atoms with Crippen LogP contribution in [-0.4, -0.2) is 49.4 Å². The molecular formula is C12H17N3O4S. The Bertz CT molecular complexity index is 602. The van der Waals surface area contributed by atoms with Gasteiger partial charge in [-0.15, -0.1) is 0 Å². The second kappa shape index (κ2) is 5.86. The minimum absolute atomic E-state index is 0.0411. The van der Waals surface area contributed by atoms with Gasteiger partial charge in [0.1, 0.15) is 0 Å². The number of ether oxygens (including phenoxy) is 1. The predicted molar refractivity (Wildman–Crippen MR) is 71.5 cm³/mol. The summed E-state index contributed by atoms with van der Waals surface area (Å²) in [5.41, 5.74) is 5.66. The molecule has 1 unspecified atom stereocenters. The number of hydrogen-bond acceptors (Lipinski definition) is 6. The lowest BCUT2D eigenvalue weighted by atomic mass is 10.2. The van der Waals surface area contributed by atoms with Gasteiger partial charge >= 0.3 is 0 Å². The van der Waals surface area contributed by atoms with E-state index in [9.17, 15) is 13.2 Å². The average Bonchev–Trinajstić information content (AvgIpc) is 2.64. The van der Waals surface area contributed by atoms with Crippen LogP contribution in [0.25, 0.3) is 0 Å². The smallest absolute Gasteiger partial charge is 0.285 e. The van der Waals surface area contributed by atoms with Crippen molar-refractivity contribution in [2.45, 2.75) is 24.5 Å². The first-order valence-corrected chi connectivity index (χ1v) is 7.80. The van der Waals surface area contributed by atoms with Crippen LogP contribution in [-0.2, 0) is 14.8 Å². The van der Waals surface area contributed by atoms with Gasteiger partial charge in [-0.1, -0.05) is 0 Å². The van der Waals surface area contributed by atoms with Crippen molar-refractivity contribution in [1.29, 1.82) is 0 Å². The molecule has 2 heterocycles. The van der Waals surface area contributed by atoms with Gasteiger partial charge in [0.15, 0.2) is 5.03 Å². The van der Waals surface area contributed by atoms with Gasteiger partial charge < -0.3 is 10.5 Å². The van der Waals surface area contributed by atoms with Crippen molar-refractivity contribution >= 4 is 15.9 Å². The van der Waals surface area contributed by atoms with E-state index in [0.29, 0.717) is 13.0 Å². The zero-order valence-electron chi connectivity index (χ0n) is 11.2. The minimum Gasteiger partial charge on any atom is -0.377 e. The minimum atomic E-state index is -3.84. The summed E-state index contributed by atoms with van der Waals surface area (Å²) < 4.78 is 30.6. The molecule has 0 spiro atoms. The molecule has 2 rings (SSSR count). The normalized spacial score (nSPS) is 18.1. The lowest BCUT2D eigenvalue weighted by Gasteiger charge is -2.19. The largest absolute Gasteiger partial charge is 0.377 e. The number of amides is 1. The highest BCUT2D eigenvalue weighted by molar-refractivity contribution is 7.90. The molecule has 1 amide bonds. The quantitative estimate of drug-likeness (QED) is 0.792. The van der Waals surface area contributed by atoms with E-state index in [1.807, 2.05) is 6.92 Å². The Morgan fingerprint density at radius 3 is 2.85 bits per heavy atom. The first-order chi connectivity index (χ1) is 9.52. The third kappa shape index (κ3) is 2.54. The van der Waals surface area contributed by atoms with Gasteiger partial charge in [0.05, 0.1) is 11.7 Å². The third-order valence-electron chi connectivity index (χ3n) is 3.08. The second-order valence-electron chi connectivity index (χ2n) is 4.34. The molecule has 0 bridgehead atoms. The number of hydrogen-bond donors (Lipinski definition) is 1. The van der Waals surface area contributed by atoms with Crippen LogP contribution in [0.15, 0.2) is 23.4 Å². The van der Waals surface area contributed by atoms with Gasteiger partial charge in [-0.25, -0.2) is 9.29 Å². The zero-order chi connectivity index (χ0) is 14.8. The Kier molecular flexibility index (Phi) is 4.36. The average molecular weight is 299 g/mol. The number of rotatable bonds is 6. The van der Waals surface area contributed by atoms with E-state index in [4.69, 9.17) is 10.5 Å². The maximum absolute atomic E-state index is 12.2. The van der Waals surface area contributed by atoms with Crippen molar-refractivity contribution in [3.05, 3.63) is 23.9 Å². The van der Waals surface area contributed by atoms with Crippen molar-refractivity contribution < 1.29 is 17.9 Å². The highest BCUT2D eigenvalue weighted by Gasteiger charge is 2.42. The fraction of sp³-hybridized carbons (Fsp3) is 0.500. The van der Waals surface area contributed by atoms with E-state index in [-0.39, 0.29) is 29.8 Å². The highest BCUT2D eigenvalue weighted by atomic mass is 32.2. The maximum atomic E-state index is 12.2. The lowest BCUT2D eigenvalue weighted by Crippen LogP contribution is -2.35. The summed E-state index contributed by atoms with van der Waals surface area (Å²) in [5.74, 6) is -0.541. The Morgan fingerprint density at radius 1 is 1.50 bits per heavy atom. The summed E-state index contributed by atoms with van der Waals surface area (Å²) in [6.07, 6.45) is 1.46. The van der Waals surface area contributed by atoms with Gasteiger partial charge in [0, 0.05) is 25.9 Å². The van der Waals surface area contributed by atoms with Crippen molar-refractivity contribution in [2.75, 3.05) is 19.7 Å². The number of carbonyl (C=O) groups is 1. The standard InChI is InChI=1S/C12H17N3O4S/c1-2-19-9(8-13)5-7-15-12(16)10-4-3-6-14-11(10)20(15,17)18/h3-4,6,9H,2,5,7-8,13H2,1H3. The Labute approximate surface area is 117 Å². The monoisotopic (exact) mass is 299 g/mol. The van der Waals surface area contributed by atoms with E-state index in [2.05, 4.69) is 4.98 Å². The van der Waals surface area contributed by atoms with E-state index in [1.165, 1.54) is 12.3 Å². The van der Waals surface area contributed by atoms with Crippen molar-refractivity contribution in [2.24, 2.45) is 5.73 Å². The van der Waals surface area contributed by atoms with Gasteiger partial charge in [-0.2, -0.15) is 8.42 Å². The SMILES string of the molecule is CCOC(CN)CCN1C(=O)c2cccnc2S1(=O)=O. The Hall–Kier alpha value is -1.51. The van der Waals surface area contributed by atoms with Gasteiger partial charge in [-0.3, -0.25) is 4.79 Å². The van der Waals surface area contributed by atoms with Gasteiger partial charge in [-0.05, 0) is 25.5 Å². The topological polar surface area (TPSA) is 103 Å². The number of nitrogens with two attached hydrogens (primary N) is 1. The Balaban J connectivity index is 2.17. The molecule has 7 nitrogen and oxygen atoms in total. The molecule has 0 aliphatic carbocycles. The molecule has 1 atom stereocenters. The van der Waals surface area contributed by atoms with Crippen molar-refractivity contribution in [3.8, 4) is 0 Å². The first kappa shape index (κ1) is 14.9. The van der Waals surface area contributed by atoms with E-state index in [0.717, 1.165) is 4.31 Å². The van der Waals surface area contributed by atoms with Gasteiger partial charge in [0.25, 0.3) is 15.9 Å². The molecule has 0 fully saturated rings. The predicted octanol–water partition coefficient (Wildman–Crippen LogP) is -0.0200. The van der Waals surface area contributed by atoms with Crippen LogP contribution in [0.3, 0.4) is 0 Å². The summed E-state index contributed by atoms with van der Waals surface area (Å²) in [6, 6.07) is 3.00. The number of aromatic nitrogens is 1. The van der Waals surface area contributed by atoms with Crippen LogP contribution in [0.5, 0.6) is 0 Å². The number of fused-ring (bicyclic) bond motifs is 1. The second-order valence-corrected chi connectivity index (χ2v) is 6.12. The molecule has 110 valence electrons. The molecule has 1 aliphatic heterocycles. The molecule has 20 heavy (non-hydrogen) atoms. The summed E-state index contributed by atoms with van der Waals surface area (Å²) in [7, 11) is -3.84. The molecule has 0 saturated heterocycles. The molecule has 2 N–H and O–H groups in total. The molecule has 0 aromatic carbocycles. The zero-order valence-corrected chi connectivity index (χ0v) is 12.0. The number of sulfonamides is 1. The van der Waals surface area contributed by atoms with Crippen LogP contribution in [0, 0.1) is 0 Å². The molecule has 8 heteroatoms. The molecule has 1 aliphatic rings. The summed E-state index contributed by atoms with van der Waals surface area (Å²) in [4.78, 5) is 15.9. The number of carbonyl (C=O) groups excluding carboxylic acids is 1. The van der Waals surface area contributed by atoms with Crippen molar-refractivity contribution in [3.63, 3.8) is 0 Å². The van der Waals surface area contributed by atoms with Crippen LogP contribution < -0.4 is 5.73 Å². The van der Waals surface area contributed by atoms with Crippen molar-refractivity contribution in [1.82, 2.24) is 9.29 Å². The van der Waals surface area contributed by atoms with Crippen LogP contribution >= 0.6 is 0 Å². The van der Waals surface area contributed by atoms with Crippen LogP contribution in [0.2, 0.25) is 0 Å². The van der Waals surface area contributed by atoms with E-state index >= 15 is 0 Å². The van der Waals surface area contributed by atoms with Gasteiger partial charge in [0.2, 0.25) is 0 Å². The van der Waals surface area contributed by atoms with Crippen LogP contribution in [0.4, 0.5) is 0 Å². The summed E-state index contributed by atoms with van der Waals surface area (Å²) in [6.45, 7) is 2.64. The Morgan fingerprint density at radius 2 is 2.25 bits per heavy atom. The number of nitrogens with zero attached hydrogens (tertiary/aromatic N) is 2. The number of pyridine rings is 1. The molecule has 1 aromatic rings. The first-order valence-electron chi connectivity index (χ1n) is 6.36. The molecular weight excluding hydrogens is 282 g/mol. The summed E-state index contributed by atoms with van der Waals surface area (Å²) >= 11 is 0. The summed E-state index contributed by atoms with van der Waals surface area (Å²) in [5, 5.41) is -0.175. The van der Waals surface area contributed by atoms with E-state index < -0.39 is 15.9 Å². The fourth-order valence-electron chi connectivity index (χ4n) is 2.09. The molecule has 1 aromatic heterocycles. The molecule has 0 radical (unpaired) electrons. The molecule has 0 saturated carbocycles. The van der Waals surface area contributed by atoms with Crippen LogP contribution in [0.1, 0.15) is 23.7 Å². The maximum Gasteiger partial charge on any atom is 0.285 e.